The van der Waals surface area contributed by atoms with Crippen LogP contribution in [0, 0.1) is 16.7 Å². The molecule has 0 radical (unpaired) electrons. The summed E-state index contributed by atoms with van der Waals surface area (Å²) in [5.74, 6) is 0.0732. The lowest BCUT2D eigenvalue weighted by Crippen LogP contribution is -2.44. The number of pyridine rings is 1. The molecular formula is C34H44F3IN2O2Si. The first-order valence-electron chi connectivity index (χ1n) is 15.4. The number of benzene rings is 1. The van der Waals surface area contributed by atoms with Crippen LogP contribution in [0.2, 0.25) is 18.1 Å². The molecule has 1 saturated carbocycles. The van der Waals surface area contributed by atoms with Crippen LogP contribution >= 0.6 is 22.6 Å². The molecule has 1 aliphatic heterocycles. The van der Waals surface area contributed by atoms with Gasteiger partial charge in [-0.3, -0.25) is 4.98 Å². The van der Waals surface area contributed by atoms with E-state index < -0.39 is 31.8 Å². The van der Waals surface area contributed by atoms with Crippen LogP contribution in [-0.4, -0.2) is 17.2 Å². The van der Waals surface area contributed by atoms with Gasteiger partial charge in [0.1, 0.15) is 11.7 Å². The zero-order valence-corrected chi connectivity index (χ0v) is 30.0. The molecule has 1 aromatic heterocycles. The van der Waals surface area contributed by atoms with Crippen molar-refractivity contribution in [3.8, 4) is 6.07 Å². The second kappa shape index (κ2) is 10.8. The summed E-state index contributed by atoms with van der Waals surface area (Å²) in [5, 5.41) is 9.75. The number of nitriles is 1. The maximum Gasteiger partial charge on any atom is 0.417 e. The topological polar surface area (TPSA) is 55.1 Å². The van der Waals surface area contributed by atoms with Crippen LogP contribution in [0.3, 0.4) is 0 Å². The van der Waals surface area contributed by atoms with Crippen molar-refractivity contribution >= 4 is 30.9 Å². The highest BCUT2D eigenvalue weighted by atomic mass is 127. The van der Waals surface area contributed by atoms with Crippen molar-refractivity contribution in [3.63, 3.8) is 0 Å². The molecule has 4 atom stereocenters. The van der Waals surface area contributed by atoms with Gasteiger partial charge in [0.2, 0.25) is 0 Å². The second-order valence-electron chi connectivity index (χ2n) is 15.4. The smallest absolute Gasteiger partial charge is 0.410 e. The molecule has 0 N–H and O–H groups in total. The van der Waals surface area contributed by atoms with E-state index in [0.29, 0.717) is 5.56 Å². The van der Waals surface area contributed by atoms with E-state index in [2.05, 4.69) is 84.2 Å². The van der Waals surface area contributed by atoms with Gasteiger partial charge in [-0.25, -0.2) is 0 Å². The zero-order chi connectivity index (χ0) is 31.9. The molecule has 9 heteroatoms. The summed E-state index contributed by atoms with van der Waals surface area (Å²) in [4.78, 5) is 5.39. The lowest BCUT2D eigenvalue weighted by Gasteiger charge is -2.45. The molecule has 0 saturated heterocycles. The van der Waals surface area contributed by atoms with Gasteiger partial charge >= 0.3 is 6.18 Å². The largest absolute Gasteiger partial charge is 0.417 e. The van der Waals surface area contributed by atoms with Gasteiger partial charge in [0.25, 0.3) is 0 Å². The van der Waals surface area contributed by atoms with Gasteiger partial charge in [-0.1, -0.05) is 77.1 Å². The Morgan fingerprint density at radius 3 is 2.37 bits per heavy atom. The number of hydrogen-bond donors (Lipinski definition) is 0. The Bertz CT molecular complexity index is 1470. The average Bonchev–Trinajstić information content (AvgIpc) is 3.41. The molecule has 1 fully saturated rings. The third kappa shape index (κ3) is 5.61. The first-order valence-corrected chi connectivity index (χ1v) is 19.6. The third-order valence-electron chi connectivity index (χ3n) is 10.2. The highest BCUT2D eigenvalue weighted by Crippen LogP contribution is 2.62. The van der Waals surface area contributed by atoms with Crippen molar-refractivity contribution in [1.82, 2.24) is 4.98 Å². The van der Waals surface area contributed by atoms with Crippen molar-refractivity contribution in [1.29, 1.82) is 5.26 Å². The molecule has 2 aliphatic carbocycles. The second-order valence-corrected chi connectivity index (χ2v) is 21.6. The minimum atomic E-state index is -4.61. The molecule has 1 aromatic carbocycles. The van der Waals surface area contributed by atoms with Crippen LogP contribution in [-0.2, 0) is 27.4 Å². The first kappa shape index (κ1) is 32.9. The number of halogens is 4. The molecular weight excluding hydrogens is 680 g/mol. The van der Waals surface area contributed by atoms with E-state index in [9.17, 15) is 18.4 Å². The summed E-state index contributed by atoms with van der Waals surface area (Å²) in [6.07, 6.45) is -0.833. The summed E-state index contributed by atoms with van der Waals surface area (Å²) in [5.41, 5.74) is 3.98. The normalized spacial score (nSPS) is 27.0. The molecule has 0 bridgehead atoms. The molecule has 2 aromatic rings. The summed E-state index contributed by atoms with van der Waals surface area (Å²) < 4.78 is 55.9. The van der Waals surface area contributed by atoms with Gasteiger partial charge < -0.3 is 9.16 Å². The highest BCUT2D eigenvalue weighted by molar-refractivity contribution is 14.1. The number of alkyl halides is 4. The van der Waals surface area contributed by atoms with Gasteiger partial charge in [-0.15, -0.1) is 0 Å². The number of fused-ring (bicyclic) bond motifs is 4. The van der Waals surface area contributed by atoms with Crippen LogP contribution < -0.4 is 0 Å². The molecule has 2 unspecified atom stereocenters. The van der Waals surface area contributed by atoms with E-state index in [4.69, 9.17) is 14.1 Å². The van der Waals surface area contributed by atoms with E-state index in [-0.39, 0.29) is 32.0 Å². The Balaban J connectivity index is 1.81. The lowest BCUT2D eigenvalue weighted by molar-refractivity contribution is -0.137. The Labute approximate surface area is 269 Å². The van der Waals surface area contributed by atoms with Crippen molar-refractivity contribution in [2.75, 3.05) is 0 Å². The number of rotatable bonds is 4. The summed E-state index contributed by atoms with van der Waals surface area (Å²) in [6.45, 7) is 20.2. The van der Waals surface area contributed by atoms with Gasteiger partial charge in [-0.05, 0) is 79.3 Å². The lowest BCUT2D eigenvalue weighted by atomic mass is 9.70. The standard InChI is InChI=1S/C34H44F3IN2O2Si/c1-19(2)29-27-28(26-23(40-29)16-32(6,7)17-24(26)42-43(8,9)31(3,4)5)33(14-10-11-25(33)38)41-30(27)20-12-13-22(34(35,36)37)21(15-20)18-39/h12-13,15,19,24-25,30H,10-11,14,16-17H2,1-9H3/t24-,25?,30+,33?/m0/s1. The van der Waals surface area contributed by atoms with E-state index in [1.165, 1.54) is 17.7 Å². The average molecular weight is 725 g/mol. The highest BCUT2D eigenvalue weighted by Gasteiger charge is 2.57. The van der Waals surface area contributed by atoms with Crippen LogP contribution in [0.4, 0.5) is 13.2 Å². The first-order chi connectivity index (χ1) is 19.7. The molecule has 3 aliphatic rings. The van der Waals surface area contributed by atoms with Crippen LogP contribution in [0.25, 0.3) is 0 Å². The zero-order valence-electron chi connectivity index (χ0n) is 26.8. The van der Waals surface area contributed by atoms with Crippen LogP contribution in [0.5, 0.6) is 0 Å². The van der Waals surface area contributed by atoms with Crippen molar-refractivity contribution in [2.45, 2.75) is 133 Å². The Morgan fingerprint density at radius 2 is 1.84 bits per heavy atom. The number of aromatic nitrogens is 1. The Hall–Kier alpha value is -1.48. The molecule has 2 heterocycles. The number of nitrogens with zero attached hydrogens (tertiary/aromatic N) is 2. The molecule has 234 valence electrons. The SMILES string of the molecule is CC(C)c1nc2c(c3c1[C@@H](c1ccc(C(F)(F)F)c(C#N)c1)OC31CCCC1I)[C@@H](O[Si](C)(C)C(C)(C)C)CC(C)(C)C2. The van der Waals surface area contributed by atoms with Crippen molar-refractivity contribution in [2.24, 2.45) is 5.41 Å². The van der Waals surface area contributed by atoms with E-state index in [0.717, 1.165) is 60.7 Å². The molecule has 1 spiro atoms. The monoisotopic (exact) mass is 724 g/mol. The van der Waals surface area contributed by atoms with E-state index >= 15 is 0 Å². The van der Waals surface area contributed by atoms with Crippen molar-refractivity contribution < 1.29 is 22.3 Å². The fraction of sp³-hybridized carbons (Fsp3) is 0.647. The quantitative estimate of drug-likeness (QED) is 0.179. The maximum atomic E-state index is 13.8. The van der Waals surface area contributed by atoms with Crippen LogP contribution in [0.15, 0.2) is 18.2 Å². The minimum absolute atomic E-state index is 0.00390. The summed E-state index contributed by atoms with van der Waals surface area (Å²) >= 11 is 2.52. The number of ether oxygens (including phenoxy) is 1. The fourth-order valence-corrected chi connectivity index (χ4v) is 9.54. The summed E-state index contributed by atoms with van der Waals surface area (Å²) in [6, 6.07) is 5.70. The minimum Gasteiger partial charge on any atom is -0.410 e. The number of hydrogen-bond acceptors (Lipinski definition) is 4. The van der Waals surface area contributed by atoms with E-state index in [1.54, 1.807) is 6.07 Å². The Kier molecular flexibility index (Phi) is 8.27. The van der Waals surface area contributed by atoms with Gasteiger partial charge in [0.15, 0.2) is 8.32 Å². The van der Waals surface area contributed by atoms with Gasteiger partial charge in [0, 0.05) is 32.0 Å². The van der Waals surface area contributed by atoms with Gasteiger partial charge in [-0.2, -0.15) is 18.4 Å². The molecule has 43 heavy (non-hydrogen) atoms. The fourth-order valence-electron chi connectivity index (χ4n) is 7.06. The predicted molar refractivity (Wildman–Crippen MR) is 174 cm³/mol. The molecule has 5 rings (SSSR count). The molecule has 0 amide bonds. The van der Waals surface area contributed by atoms with E-state index in [1.807, 2.05) is 0 Å². The summed E-state index contributed by atoms with van der Waals surface area (Å²) in [7, 11) is -2.19. The maximum absolute atomic E-state index is 13.8. The third-order valence-corrected chi connectivity index (χ3v) is 16.3. The van der Waals surface area contributed by atoms with Gasteiger partial charge in [0.05, 0.1) is 23.3 Å². The van der Waals surface area contributed by atoms with Crippen LogP contribution in [0.1, 0.15) is 137 Å². The Morgan fingerprint density at radius 1 is 1.16 bits per heavy atom. The van der Waals surface area contributed by atoms with Crippen molar-refractivity contribution in [3.05, 3.63) is 63.0 Å². The predicted octanol–water partition coefficient (Wildman–Crippen LogP) is 10.4. The molecule has 4 nitrogen and oxygen atoms in total.